The van der Waals surface area contributed by atoms with E-state index in [1.807, 2.05) is 25.1 Å². The topological polar surface area (TPSA) is 24.4 Å². The third kappa shape index (κ3) is 3.65. The lowest BCUT2D eigenvalue weighted by atomic mass is 9.82. The van der Waals surface area contributed by atoms with Crippen molar-refractivity contribution >= 4 is 17.2 Å². The fourth-order valence-corrected chi connectivity index (χ4v) is 4.34. The van der Waals surface area contributed by atoms with E-state index in [2.05, 4.69) is 16.8 Å². The zero-order chi connectivity index (χ0) is 18.9. The minimum Gasteiger partial charge on any atom is -0.362 e. The van der Waals surface area contributed by atoms with E-state index in [4.69, 9.17) is 4.99 Å². The number of hydrogen-bond acceptors (Lipinski definition) is 3. The van der Waals surface area contributed by atoms with Gasteiger partial charge in [-0.3, -0.25) is 4.99 Å². The van der Waals surface area contributed by atoms with Crippen molar-refractivity contribution in [2.24, 2.45) is 4.99 Å². The highest BCUT2D eigenvalue weighted by Crippen LogP contribution is 2.42. The molecule has 5 heteroatoms. The largest absolute Gasteiger partial charge is 0.362 e. The SMILES string of the molecule is C[C@]1(c2cccc(F)c2)NC(CCc2cccs2)=N[C@H]1c1cccc(F)c1. The van der Waals surface area contributed by atoms with Crippen LogP contribution in [0.15, 0.2) is 71.0 Å². The maximum atomic E-state index is 13.9. The first-order chi connectivity index (χ1) is 13.0. The Bertz CT molecular complexity index is 968. The van der Waals surface area contributed by atoms with Crippen molar-refractivity contribution in [2.75, 3.05) is 0 Å². The van der Waals surface area contributed by atoms with Gasteiger partial charge in [0.25, 0.3) is 0 Å². The van der Waals surface area contributed by atoms with Crippen LogP contribution in [0.2, 0.25) is 0 Å². The fraction of sp³-hybridized carbons (Fsp3) is 0.227. The second kappa shape index (κ2) is 7.24. The monoisotopic (exact) mass is 382 g/mol. The van der Waals surface area contributed by atoms with Gasteiger partial charge < -0.3 is 5.32 Å². The van der Waals surface area contributed by atoms with Gasteiger partial charge in [-0.1, -0.05) is 30.3 Å². The zero-order valence-corrected chi connectivity index (χ0v) is 15.8. The summed E-state index contributed by atoms with van der Waals surface area (Å²) >= 11 is 1.72. The number of rotatable bonds is 5. The normalized spacial score (nSPS) is 21.7. The van der Waals surface area contributed by atoms with Gasteiger partial charge >= 0.3 is 0 Å². The fourth-order valence-electron chi connectivity index (χ4n) is 3.63. The molecule has 1 aliphatic rings. The van der Waals surface area contributed by atoms with Crippen molar-refractivity contribution in [1.82, 2.24) is 5.32 Å². The van der Waals surface area contributed by atoms with Gasteiger partial charge in [0.05, 0.1) is 11.4 Å². The number of aryl methyl sites for hydroxylation is 1. The molecule has 1 N–H and O–H groups in total. The van der Waals surface area contributed by atoms with E-state index in [0.717, 1.165) is 29.8 Å². The highest BCUT2D eigenvalue weighted by Gasteiger charge is 2.42. The maximum absolute atomic E-state index is 13.9. The second-order valence-corrected chi connectivity index (χ2v) is 7.98. The number of amidine groups is 1. The molecule has 0 bridgehead atoms. The number of hydrogen-bond donors (Lipinski definition) is 1. The van der Waals surface area contributed by atoms with Crippen LogP contribution in [0.1, 0.15) is 35.4 Å². The molecule has 2 aromatic carbocycles. The molecule has 0 spiro atoms. The summed E-state index contributed by atoms with van der Waals surface area (Å²) < 4.78 is 27.7. The highest BCUT2D eigenvalue weighted by atomic mass is 32.1. The van der Waals surface area contributed by atoms with E-state index in [-0.39, 0.29) is 17.7 Å². The number of nitrogens with one attached hydrogen (secondary N) is 1. The molecule has 3 aromatic rings. The Morgan fingerprint density at radius 1 is 1.00 bits per heavy atom. The standard InChI is InChI=1S/C22H20F2N2S/c1-22(16-6-3-8-18(24)14-16)21(15-5-2-7-17(23)13-15)25-20(26-22)11-10-19-9-4-12-27-19/h2-9,12-14,21H,10-11H2,1H3,(H,25,26)/t21-,22+/m0/s1. The van der Waals surface area contributed by atoms with Crippen LogP contribution in [-0.2, 0) is 12.0 Å². The van der Waals surface area contributed by atoms with Crippen LogP contribution < -0.4 is 5.32 Å². The highest BCUT2D eigenvalue weighted by molar-refractivity contribution is 7.09. The number of halogens is 2. The summed E-state index contributed by atoms with van der Waals surface area (Å²) in [5.74, 6) is 0.279. The summed E-state index contributed by atoms with van der Waals surface area (Å²) in [5.41, 5.74) is 0.938. The molecule has 2 heterocycles. The molecule has 0 radical (unpaired) electrons. The molecular weight excluding hydrogens is 362 g/mol. The maximum Gasteiger partial charge on any atom is 0.123 e. The molecule has 0 saturated heterocycles. The number of aliphatic imine (C=N–C) groups is 1. The van der Waals surface area contributed by atoms with Crippen molar-refractivity contribution in [3.63, 3.8) is 0 Å². The molecule has 1 aliphatic heterocycles. The van der Waals surface area contributed by atoms with Gasteiger partial charge in [0.15, 0.2) is 0 Å². The molecule has 4 rings (SSSR count). The molecule has 27 heavy (non-hydrogen) atoms. The molecule has 0 aliphatic carbocycles. The van der Waals surface area contributed by atoms with E-state index in [0.29, 0.717) is 0 Å². The molecule has 138 valence electrons. The molecular formula is C22H20F2N2S. The summed E-state index contributed by atoms with van der Waals surface area (Å²) in [4.78, 5) is 6.17. The first-order valence-corrected chi connectivity index (χ1v) is 9.81. The van der Waals surface area contributed by atoms with E-state index < -0.39 is 5.54 Å². The zero-order valence-electron chi connectivity index (χ0n) is 15.0. The Labute approximate surface area is 161 Å². The van der Waals surface area contributed by atoms with Gasteiger partial charge in [-0.25, -0.2) is 8.78 Å². The van der Waals surface area contributed by atoms with Gasteiger partial charge in [0.2, 0.25) is 0 Å². The number of benzene rings is 2. The predicted molar refractivity (Wildman–Crippen MR) is 106 cm³/mol. The van der Waals surface area contributed by atoms with Crippen molar-refractivity contribution < 1.29 is 8.78 Å². The van der Waals surface area contributed by atoms with Gasteiger partial charge in [0.1, 0.15) is 17.7 Å². The smallest absolute Gasteiger partial charge is 0.123 e. The van der Waals surface area contributed by atoms with Crippen LogP contribution in [0.25, 0.3) is 0 Å². The predicted octanol–water partition coefficient (Wildman–Crippen LogP) is 5.62. The minimum atomic E-state index is -0.638. The summed E-state index contributed by atoms with van der Waals surface area (Å²) in [6, 6.07) is 16.9. The van der Waals surface area contributed by atoms with Gasteiger partial charge in [0, 0.05) is 11.3 Å². The van der Waals surface area contributed by atoms with Crippen LogP contribution in [0.4, 0.5) is 8.78 Å². The first kappa shape index (κ1) is 17.9. The van der Waals surface area contributed by atoms with Gasteiger partial charge in [-0.05, 0) is 60.2 Å². The van der Waals surface area contributed by atoms with Crippen LogP contribution in [0, 0.1) is 11.6 Å². The Kier molecular flexibility index (Phi) is 4.79. The lowest BCUT2D eigenvalue weighted by Gasteiger charge is -2.32. The van der Waals surface area contributed by atoms with Gasteiger partial charge in [-0.15, -0.1) is 11.3 Å². The molecule has 1 aromatic heterocycles. The van der Waals surface area contributed by atoms with E-state index in [9.17, 15) is 8.78 Å². The Balaban J connectivity index is 1.69. The lowest BCUT2D eigenvalue weighted by Crippen LogP contribution is -2.41. The van der Waals surface area contributed by atoms with Crippen molar-refractivity contribution in [3.05, 3.63) is 93.7 Å². The van der Waals surface area contributed by atoms with Crippen molar-refractivity contribution in [2.45, 2.75) is 31.3 Å². The van der Waals surface area contributed by atoms with E-state index in [1.54, 1.807) is 23.5 Å². The van der Waals surface area contributed by atoms with E-state index >= 15 is 0 Å². The Morgan fingerprint density at radius 2 is 1.78 bits per heavy atom. The number of nitrogens with zero attached hydrogens (tertiary/aromatic N) is 1. The Hall–Kier alpha value is -2.53. The molecule has 2 atom stereocenters. The van der Waals surface area contributed by atoms with E-state index in [1.165, 1.54) is 29.1 Å². The van der Waals surface area contributed by atoms with Crippen molar-refractivity contribution in [1.29, 1.82) is 0 Å². The average molecular weight is 382 g/mol. The quantitative estimate of drug-likeness (QED) is 0.609. The summed E-state index contributed by atoms with van der Waals surface area (Å²) in [7, 11) is 0. The van der Waals surface area contributed by atoms with Gasteiger partial charge in [-0.2, -0.15) is 0 Å². The third-order valence-corrected chi connectivity index (χ3v) is 5.95. The van der Waals surface area contributed by atoms with Crippen molar-refractivity contribution in [3.8, 4) is 0 Å². The van der Waals surface area contributed by atoms with Crippen LogP contribution in [0.5, 0.6) is 0 Å². The molecule has 0 unspecified atom stereocenters. The second-order valence-electron chi connectivity index (χ2n) is 6.95. The molecule has 0 saturated carbocycles. The summed E-state index contributed by atoms with van der Waals surface area (Å²) in [6.45, 7) is 2.00. The average Bonchev–Trinajstić information content (AvgIpc) is 3.28. The summed E-state index contributed by atoms with van der Waals surface area (Å²) in [6.07, 6.45) is 1.65. The molecule has 0 fully saturated rings. The van der Waals surface area contributed by atoms with Crippen LogP contribution in [-0.4, -0.2) is 5.84 Å². The lowest BCUT2D eigenvalue weighted by molar-refractivity contribution is 0.382. The minimum absolute atomic E-state index is 0.291. The molecule has 0 amide bonds. The molecule has 2 nitrogen and oxygen atoms in total. The van der Waals surface area contributed by atoms with Crippen LogP contribution in [0.3, 0.4) is 0 Å². The van der Waals surface area contributed by atoms with Crippen LogP contribution >= 0.6 is 11.3 Å². The number of thiophene rings is 1. The summed E-state index contributed by atoms with van der Waals surface area (Å²) in [5, 5.41) is 5.57. The third-order valence-electron chi connectivity index (χ3n) is 5.01. The first-order valence-electron chi connectivity index (χ1n) is 8.93. The Morgan fingerprint density at radius 3 is 2.48 bits per heavy atom.